The van der Waals surface area contributed by atoms with E-state index in [1.54, 1.807) is 6.92 Å². The van der Waals surface area contributed by atoms with Crippen molar-refractivity contribution in [1.82, 2.24) is 4.72 Å². The van der Waals surface area contributed by atoms with Crippen LogP contribution in [-0.4, -0.2) is 37.2 Å². The first-order chi connectivity index (χ1) is 8.74. The van der Waals surface area contributed by atoms with Crippen molar-refractivity contribution in [2.24, 2.45) is 0 Å². The number of aromatic carboxylic acids is 1. The van der Waals surface area contributed by atoms with E-state index in [-0.39, 0.29) is 17.2 Å². The monoisotopic (exact) mass is 291 g/mol. The van der Waals surface area contributed by atoms with Gasteiger partial charge in [0.05, 0.1) is 6.10 Å². The molecule has 1 heterocycles. The fraction of sp³-hybridized carbons (Fsp3) is 0.545. The van der Waals surface area contributed by atoms with Crippen LogP contribution >= 0.6 is 0 Å². The molecular formula is C11H17NO6S. The number of aryl methyl sites for hydroxylation is 1. The second kappa shape index (κ2) is 6.18. The highest BCUT2D eigenvalue weighted by atomic mass is 32.2. The summed E-state index contributed by atoms with van der Waals surface area (Å²) < 4.78 is 31.0. The number of rotatable bonds is 7. The lowest BCUT2D eigenvalue weighted by molar-refractivity contribution is 0.0661. The topological polar surface area (TPSA) is 117 Å². The third-order valence-electron chi connectivity index (χ3n) is 2.46. The Labute approximate surface area is 111 Å². The second-order valence-corrected chi connectivity index (χ2v) is 5.96. The Bertz CT molecular complexity index is 546. The molecule has 0 saturated carbocycles. The van der Waals surface area contributed by atoms with Gasteiger partial charge in [-0.15, -0.1) is 0 Å². The molecular weight excluding hydrogens is 274 g/mol. The van der Waals surface area contributed by atoms with Crippen molar-refractivity contribution in [1.29, 1.82) is 0 Å². The highest BCUT2D eigenvalue weighted by molar-refractivity contribution is 7.89. The fourth-order valence-electron chi connectivity index (χ4n) is 1.52. The maximum Gasteiger partial charge on any atom is 0.371 e. The number of carboxylic acid groups (broad SMARTS) is 1. The van der Waals surface area contributed by atoms with Gasteiger partial charge in [0.25, 0.3) is 0 Å². The van der Waals surface area contributed by atoms with Crippen LogP contribution in [0, 0.1) is 6.92 Å². The van der Waals surface area contributed by atoms with Crippen molar-refractivity contribution in [3.63, 3.8) is 0 Å². The molecule has 1 atom stereocenters. The minimum atomic E-state index is -3.79. The number of hydrogen-bond acceptors (Lipinski definition) is 5. The van der Waals surface area contributed by atoms with E-state index in [0.717, 1.165) is 6.07 Å². The number of aliphatic hydroxyl groups is 1. The molecule has 0 spiro atoms. The van der Waals surface area contributed by atoms with Crippen molar-refractivity contribution in [2.45, 2.75) is 37.7 Å². The maximum atomic E-state index is 11.9. The summed E-state index contributed by atoms with van der Waals surface area (Å²) >= 11 is 0. The number of aliphatic hydroxyl groups excluding tert-OH is 1. The Morgan fingerprint density at radius 3 is 2.63 bits per heavy atom. The number of sulfonamides is 1. The van der Waals surface area contributed by atoms with E-state index in [9.17, 15) is 13.2 Å². The molecule has 7 nitrogen and oxygen atoms in total. The lowest BCUT2D eigenvalue weighted by Gasteiger charge is -2.06. The summed E-state index contributed by atoms with van der Waals surface area (Å²) in [5.41, 5.74) is 0. The van der Waals surface area contributed by atoms with Gasteiger partial charge in [-0.25, -0.2) is 17.9 Å². The smallest absolute Gasteiger partial charge is 0.371 e. The summed E-state index contributed by atoms with van der Waals surface area (Å²) in [6.45, 7) is 3.17. The number of carbonyl (C=O) groups is 1. The normalized spacial score (nSPS) is 13.4. The molecule has 0 aliphatic heterocycles. The molecule has 19 heavy (non-hydrogen) atoms. The van der Waals surface area contributed by atoms with Crippen LogP contribution in [0.4, 0.5) is 0 Å². The first kappa shape index (κ1) is 15.7. The molecule has 8 heteroatoms. The van der Waals surface area contributed by atoms with Crippen molar-refractivity contribution in [3.8, 4) is 0 Å². The van der Waals surface area contributed by atoms with E-state index in [2.05, 4.69) is 4.72 Å². The van der Waals surface area contributed by atoms with Crippen LogP contribution in [0.15, 0.2) is 15.4 Å². The molecule has 0 aromatic carbocycles. The molecule has 1 rings (SSSR count). The Morgan fingerprint density at radius 1 is 1.53 bits per heavy atom. The van der Waals surface area contributed by atoms with Crippen molar-refractivity contribution >= 4 is 16.0 Å². The molecule has 1 unspecified atom stereocenters. The first-order valence-electron chi connectivity index (χ1n) is 5.75. The molecule has 1 aromatic heterocycles. The molecule has 0 saturated heterocycles. The zero-order valence-corrected chi connectivity index (χ0v) is 11.5. The van der Waals surface area contributed by atoms with Crippen LogP contribution in [0.2, 0.25) is 0 Å². The van der Waals surface area contributed by atoms with Gasteiger partial charge >= 0.3 is 5.97 Å². The number of furan rings is 1. The molecule has 0 amide bonds. The number of carboxylic acids is 1. The molecule has 108 valence electrons. The van der Waals surface area contributed by atoms with Crippen LogP contribution < -0.4 is 4.72 Å². The van der Waals surface area contributed by atoms with Gasteiger partial charge < -0.3 is 14.6 Å². The predicted octanol–water partition coefficient (Wildman–Crippen LogP) is 0.726. The predicted molar refractivity (Wildman–Crippen MR) is 66.5 cm³/mol. The minimum absolute atomic E-state index is 0.0282. The Kier molecular flexibility index (Phi) is 5.10. The average Bonchev–Trinajstić information content (AvgIpc) is 2.67. The Hall–Kier alpha value is -1.38. The zero-order valence-electron chi connectivity index (χ0n) is 10.7. The summed E-state index contributed by atoms with van der Waals surface area (Å²) in [5.74, 6) is -1.71. The second-order valence-electron chi connectivity index (χ2n) is 4.23. The highest BCUT2D eigenvalue weighted by Gasteiger charge is 2.23. The van der Waals surface area contributed by atoms with Gasteiger partial charge in [-0.2, -0.15) is 0 Å². The summed E-state index contributed by atoms with van der Waals surface area (Å²) in [6.07, 6.45) is 0.478. The van der Waals surface area contributed by atoms with Gasteiger partial charge in [-0.3, -0.25) is 0 Å². The summed E-state index contributed by atoms with van der Waals surface area (Å²) in [6, 6.07) is 0.981. The molecule has 0 aliphatic rings. The summed E-state index contributed by atoms with van der Waals surface area (Å²) in [7, 11) is -3.79. The molecule has 3 N–H and O–H groups in total. The van der Waals surface area contributed by atoms with Crippen LogP contribution in [-0.2, 0) is 10.0 Å². The van der Waals surface area contributed by atoms with Crippen molar-refractivity contribution < 1.29 is 27.8 Å². The van der Waals surface area contributed by atoms with Crippen LogP contribution in [0.5, 0.6) is 0 Å². The van der Waals surface area contributed by atoms with Crippen LogP contribution in [0.1, 0.15) is 36.1 Å². The molecule has 0 aliphatic carbocycles. The third kappa shape index (κ3) is 4.34. The fourth-order valence-corrected chi connectivity index (χ4v) is 2.77. The molecule has 0 fully saturated rings. The van der Waals surface area contributed by atoms with Gasteiger partial charge in [-0.1, -0.05) is 0 Å². The molecule has 0 radical (unpaired) electrons. The largest absolute Gasteiger partial charge is 0.475 e. The van der Waals surface area contributed by atoms with Gasteiger partial charge in [0, 0.05) is 12.6 Å². The number of nitrogens with one attached hydrogen (secondary N) is 1. The average molecular weight is 291 g/mol. The van der Waals surface area contributed by atoms with Crippen molar-refractivity contribution in [2.75, 3.05) is 6.54 Å². The first-order valence-corrected chi connectivity index (χ1v) is 7.24. The minimum Gasteiger partial charge on any atom is -0.475 e. The lowest BCUT2D eigenvalue weighted by Crippen LogP contribution is -2.25. The number of hydrogen-bond donors (Lipinski definition) is 3. The molecule has 1 aromatic rings. The summed E-state index contributed by atoms with van der Waals surface area (Å²) in [5, 5.41) is 17.8. The molecule has 0 bridgehead atoms. The standard InChI is InChI=1S/C11H17NO6S/c1-7(13)4-3-5-12-19(16,17)10-6-9(11(14)15)18-8(10)2/h6-7,12-13H,3-5H2,1-2H3,(H,14,15). The van der Waals surface area contributed by atoms with E-state index < -0.39 is 27.9 Å². The quantitative estimate of drug-likeness (QED) is 0.637. The highest BCUT2D eigenvalue weighted by Crippen LogP contribution is 2.19. The lowest BCUT2D eigenvalue weighted by atomic mass is 10.2. The van der Waals surface area contributed by atoms with Gasteiger partial charge in [0.15, 0.2) is 0 Å². The SMILES string of the molecule is Cc1oc(C(=O)O)cc1S(=O)(=O)NCCCC(C)O. The Morgan fingerprint density at radius 2 is 2.16 bits per heavy atom. The van der Waals surface area contributed by atoms with E-state index in [0.29, 0.717) is 12.8 Å². The van der Waals surface area contributed by atoms with E-state index in [1.165, 1.54) is 6.92 Å². The zero-order chi connectivity index (χ0) is 14.6. The van der Waals surface area contributed by atoms with Crippen LogP contribution in [0.25, 0.3) is 0 Å². The van der Waals surface area contributed by atoms with Gasteiger partial charge in [0.2, 0.25) is 15.8 Å². The van der Waals surface area contributed by atoms with E-state index >= 15 is 0 Å². The van der Waals surface area contributed by atoms with Gasteiger partial charge in [0.1, 0.15) is 10.7 Å². The van der Waals surface area contributed by atoms with E-state index in [1.807, 2.05) is 0 Å². The Balaban J connectivity index is 2.75. The third-order valence-corrected chi connectivity index (χ3v) is 4.03. The van der Waals surface area contributed by atoms with Gasteiger partial charge in [-0.05, 0) is 26.7 Å². The van der Waals surface area contributed by atoms with Crippen molar-refractivity contribution in [3.05, 3.63) is 17.6 Å². The van der Waals surface area contributed by atoms with Crippen LogP contribution in [0.3, 0.4) is 0 Å². The summed E-state index contributed by atoms with van der Waals surface area (Å²) in [4.78, 5) is 10.5. The maximum absolute atomic E-state index is 11.9. The van der Waals surface area contributed by atoms with E-state index in [4.69, 9.17) is 14.6 Å².